The molecule has 0 aliphatic heterocycles. The topological polar surface area (TPSA) is 102 Å². The van der Waals surface area contributed by atoms with E-state index >= 15 is 0 Å². The Morgan fingerprint density at radius 2 is 2.17 bits per heavy atom. The Kier molecular flexibility index (Phi) is 4.31. The zero-order chi connectivity index (χ0) is 14.0. The summed E-state index contributed by atoms with van der Waals surface area (Å²) in [6.45, 7) is 3.14. The molecule has 6 nitrogen and oxygen atoms in total. The fraction of sp³-hybridized carbons (Fsp3) is 0.400. The van der Waals surface area contributed by atoms with Gasteiger partial charge in [-0.1, -0.05) is 11.6 Å². The van der Waals surface area contributed by atoms with Crippen LogP contribution in [0, 0.1) is 0 Å². The molecule has 1 aromatic rings. The summed E-state index contributed by atoms with van der Waals surface area (Å²) in [6.07, 6.45) is 1.18. The summed E-state index contributed by atoms with van der Waals surface area (Å²) in [7, 11) is -3.77. The summed E-state index contributed by atoms with van der Waals surface area (Å²) in [5, 5.41) is 0.0746. The zero-order valence-electron chi connectivity index (χ0n) is 9.97. The minimum Gasteiger partial charge on any atom is -0.370 e. The molecule has 1 heterocycles. The molecule has 0 atom stereocenters. The second kappa shape index (κ2) is 5.21. The van der Waals surface area contributed by atoms with Crippen LogP contribution in [0.4, 0.5) is 0 Å². The molecule has 0 bridgehead atoms. The number of primary amides is 1. The van der Waals surface area contributed by atoms with E-state index in [4.69, 9.17) is 17.3 Å². The van der Waals surface area contributed by atoms with Crippen molar-refractivity contribution >= 4 is 27.5 Å². The fourth-order valence-corrected chi connectivity index (χ4v) is 3.11. The van der Waals surface area contributed by atoms with Crippen LogP contribution in [0.3, 0.4) is 0 Å². The van der Waals surface area contributed by atoms with Gasteiger partial charge in [-0.25, -0.2) is 18.1 Å². The Morgan fingerprint density at radius 3 is 2.67 bits per heavy atom. The first-order valence-corrected chi connectivity index (χ1v) is 6.92. The average molecular weight is 292 g/mol. The van der Waals surface area contributed by atoms with E-state index in [1.165, 1.54) is 18.3 Å². The molecule has 0 spiro atoms. The second-order valence-electron chi connectivity index (χ2n) is 4.45. The molecule has 1 rings (SSSR count). The molecule has 0 unspecified atom stereocenters. The molecule has 3 N–H and O–H groups in total. The predicted octanol–water partition coefficient (Wildman–Crippen LogP) is 0.667. The van der Waals surface area contributed by atoms with Crippen molar-refractivity contribution in [2.75, 3.05) is 0 Å². The highest BCUT2D eigenvalue weighted by Gasteiger charge is 2.28. The van der Waals surface area contributed by atoms with E-state index in [1.54, 1.807) is 13.8 Å². The third kappa shape index (κ3) is 4.25. The summed E-state index contributed by atoms with van der Waals surface area (Å²) in [5.41, 5.74) is 4.08. The smallest absolute Gasteiger partial charge is 0.241 e. The van der Waals surface area contributed by atoms with Crippen molar-refractivity contribution in [3.8, 4) is 0 Å². The van der Waals surface area contributed by atoms with Gasteiger partial charge in [-0.3, -0.25) is 4.79 Å². The van der Waals surface area contributed by atoms with E-state index in [-0.39, 0.29) is 16.5 Å². The molecule has 0 radical (unpaired) electrons. The number of sulfonamides is 1. The summed E-state index contributed by atoms with van der Waals surface area (Å²) >= 11 is 5.63. The number of nitrogens with one attached hydrogen (secondary N) is 1. The maximum atomic E-state index is 12.0. The van der Waals surface area contributed by atoms with Crippen LogP contribution in [0.15, 0.2) is 23.2 Å². The van der Waals surface area contributed by atoms with E-state index in [9.17, 15) is 13.2 Å². The van der Waals surface area contributed by atoms with E-state index in [0.29, 0.717) is 0 Å². The van der Waals surface area contributed by atoms with E-state index in [0.717, 1.165) is 0 Å². The van der Waals surface area contributed by atoms with Crippen LogP contribution in [-0.4, -0.2) is 24.8 Å². The lowest BCUT2D eigenvalue weighted by molar-refractivity contribution is -0.119. The molecule has 8 heteroatoms. The number of amides is 1. The lowest BCUT2D eigenvalue weighted by Crippen LogP contribution is -2.45. The Hall–Kier alpha value is -1.18. The van der Waals surface area contributed by atoms with Gasteiger partial charge in [0.25, 0.3) is 0 Å². The molecule has 0 fully saturated rings. The molecule has 0 saturated heterocycles. The Morgan fingerprint density at radius 1 is 1.56 bits per heavy atom. The molecular formula is C10H14ClN3O3S. The third-order valence-electron chi connectivity index (χ3n) is 2.04. The van der Waals surface area contributed by atoms with Crippen molar-refractivity contribution in [3.05, 3.63) is 23.5 Å². The summed E-state index contributed by atoms with van der Waals surface area (Å²) < 4.78 is 26.5. The van der Waals surface area contributed by atoms with Gasteiger partial charge in [-0.2, -0.15) is 0 Å². The van der Waals surface area contributed by atoms with Crippen LogP contribution in [0.25, 0.3) is 0 Å². The highest BCUT2D eigenvalue weighted by atomic mass is 35.5. The molecule has 0 aliphatic carbocycles. The van der Waals surface area contributed by atoms with Crippen molar-refractivity contribution in [2.24, 2.45) is 5.73 Å². The summed E-state index contributed by atoms with van der Waals surface area (Å²) in [6, 6.07) is 2.54. The SMILES string of the molecule is CC(C)(CC(N)=O)NS(=O)(=O)c1ccnc(Cl)c1. The fourth-order valence-electron chi connectivity index (χ4n) is 1.45. The number of rotatable bonds is 5. The van der Waals surface area contributed by atoms with Crippen molar-refractivity contribution in [1.82, 2.24) is 9.71 Å². The first-order valence-electron chi connectivity index (χ1n) is 5.06. The van der Waals surface area contributed by atoms with Crippen molar-refractivity contribution in [3.63, 3.8) is 0 Å². The van der Waals surface area contributed by atoms with Crippen molar-refractivity contribution < 1.29 is 13.2 Å². The number of nitrogens with zero attached hydrogens (tertiary/aromatic N) is 1. The molecule has 100 valence electrons. The van der Waals surface area contributed by atoms with Crippen molar-refractivity contribution in [1.29, 1.82) is 0 Å². The van der Waals surface area contributed by atoms with Gasteiger partial charge in [-0.15, -0.1) is 0 Å². The third-order valence-corrected chi connectivity index (χ3v) is 3.94. The summed E-state index contributed by atoms with van der Waals surface area (Å²) in [5.74, 6) is -0.588. The number of halogens is 1. The first-order chi connectivity index (χ1) is 8.12. The number of hydrogen-bond donors (Lipinski definition) is 2. The number of aromatic nitrogens is 1. The maximum Gasteiger partial charge on any atom is 0.241 e. The number of pyridine rings is 1. The highest BCUT2D eigenvalue weighted by molar-refractivity contribution is 7.89. The van der Waals surface area contributed by atoms with Crippen LogP contribution < -0.4 is 10.5 Å². The van der Waals surface area contributed by atoms with Gasteiger partial charge >= 0.3 is 0 Å². The first kappa shape index (κ1) is 14.9. The van der Waals surface area contributed by atoms with Gasteiger partial charge in [-0.05, 0) is 26.0 Å². The quantitative estimate of drug-likeness (QED) is 0.778. The van der Waals surface area contributed by atoms with Crippen LogP contribution in [0.2, 0.25) is 5.15 Å². The van der Waals surface area contributed by atoms with Gasteiger partial charge in [0.2, 0.25) is 15.9 Å². The largest absolute Gasteiger partial charge is 0.370 e. The van der Waals surface area contributed by atoms with Gasteiger partial charge in [0.05, 0.1) is 4.90 Å². The zero-order valence-corrected chi connectivity index (χ0v) is 11.5. The average Bonchev–Trinajstić information content (AvgIpc) is 2.13. The summed E-state index contributed by atoms with van der Waals surface area (Å²) in [4.78, 5) is 14.5. The van der Waals surface area contributed by atoms with Gasteiger partial charge in [0, 0.05) is 18.2 Å². The minimum atomic E-state index is -3.77. The molecule has 1 amide bonds. The number of hydrogen-bond acceptors (Lipinski definition) is 4. The molecule has 0 aliphatic rings. The standard InChI is InChI=1S/C10H14ClN3O3S/c1-10(2,6-9(12)15)14-18(16,17)7-3-4-13-8(11)5-7/h3-5,14H,6H2,1-2H3,(H2,12,15). The van der Waals surface area contributed by atoms with E-state index < -0.39 is 21.5 Å². The molecular weight excluding hydrogens is 278 g/mol. The lowest BCUT2D eigenvalue weighted by Gasteiger charge is -2.24. The predicted molar refractivity (Wildman–Crippen MR) is 67.5 cm³/mol. The maximum absolute atomic E-state index is 12.0. The number of carbonyl (C=O) groups is 1. The Balaban J connectivity index is 2.99. The van der Waals surface area contributed by atoms with Gasteiger partial charge in [0.1, 0.15) is 5.15 Å². The van der Waals surface area contributed by atoms with E-state index in [2.05, 4.69) is 9.71 Å². The minimum absolute atomic E-state index is 0.0138. The van der Waals surface area contributed by atoms with Crippen molar-refractivity contribution in [2.45, 2.75) is 30.7 Å². The number of carbonyl (C=O) groups excluding carboxylic acids is 1. The number of nitrogens with two attached hydrogens (primary N) is 1. The van der Waals surface area contributed by atoms with Crippen LogP contribution >= 0.6 is 11.6 Å². The lowest BCUT2D eigenvalue weighted by atomic mass is 10.0. The highest BCUT2D eigenvalue weighted by Crippen LogP contribution is 2.17. The van der Waals surface area contributed by atoms with Gasteiger partial charge in [0.15, 0.2) is 0 Å². The van der Waals surface area contributed by atoms with E-state index in [1.807, 2.05) is 0 Å². The molecule has 1 aromatic heterocycles. The second-order valence-corrected chi connectivity index (χ2v) is 6.52. The molecule has 18 heavy (non-hydrogen) atoms. The van der Waals surface area contributed by atoms with Crippen LogP contribution in [0.1, 0.15) is 20.3 Å². The Labute approximate surface area is 111 Å². The van der Waals surface area contributed by atoms with Crippen LogP contribution in [0.5, 0.6) is 0 Å². The normalized spacial score (nSPS) is 12.4. The monoisotopic (exact) mass is 291 g/mol. The van der Waals surface area contributed by atoms with Gasteiger partial charge < -0.3 is 5.73 Å². The Bertz CT molecular complexity index is 557. The molecule has 0 aromatic carbocycles. The molecule has 0 saturated carbocycles. The van der Waals surface area contributed by atoms with Crippen LogP contribution in [-0.2, 0) is 14.8 Å².